The maximum atomic E-state index is 5.71. The van der Waals surface area contributed by atoms with Crippen molar-refractivity contribution in [3.63, 3.8) is 0 Å². The topological polar surface area (TPSA) is 21.3 Å². The second-order valence-corrected chi connectivity index (χ2v) is 5.54. The van der Waals surface area contributed by atoms with E-state index < -0.39 is 0 Å². The second-order valence-electron chi connectivity index (χ2n) is 4.63. The molecule has 0 aliphatic heterocycles. The van der Waals surface area contributed by atoms with E-state index in [1.165, 1.54) is 5.56 Å². The molecule has 0 bridgehead atoms. The average molecular weight is 334 g/mol. The summed E-state index contributed by atoms with van der Waals surface area (Å²) in [6, 6.07) is 18.8. The summed E-state index contributed by atoms with van der Waals surface area (Å²) in [5.41, 5.74) is 1.33. The standard InChI is InChI=1S/C17H20BrNO/c1-2-17(14-6-4-3-5-7-14)19-12-13-20-16-10-8-15(18)9-11-16/h3-11,17,19H,2,12-13H2,1H3. The van der Waals surface area contributed by atoms with Crippen LogP contribution < -0.4 is 10.1 Å². The summed E-state index contributed by atoms with van der Waals surface area (Å²) in [7, 11) is 0. The van der Waals surface area contributed by atoms with Gasteiger partial charge in [0.05, 0.1) is 0 Å². The van der Waals surface area contributed by atoms with Crippen molar-refractivity contribution in [2.24, 2.45) is 0 Å². The molecule has 2 nitrogen and oxygen atoms in total. The van der Waals surface area contributed by atoms with Crippen molar-refractivity contribution in [2.75, 3.05) is 13.2 Å². The largest absolute Gasteiger partial charge is 0.492 e. The highest BCUT2D eigenvalue weighted by Crippen LogP contribution is 2.17. The summed E-state index contributed by atoms with van der Waals surface area (Å²) >= 11 is 3.41. The zero-order valence-corrected chi connectivity index (χ0v) is 13.3. The van der Waals surface area contributed by atoms with Gasteiger partial charge in [-0.1, -0.05) is 53.2 Å². The van der Waals surface area contributed by atoms with Gasteiger partial charge in [0.2, 0.25) is 0 Å². The number of benzene rings is 2. The quantitative estimate of drug-likeness (QED) is 0.749. The van der Waals surface area contributed by atoms with Gasteiger partial charge in [-0.2, -0.15) is 0 Å². The normalized spacial score (nSPS) is 12.1. The Morgan fingerprint density at radius 2 is 1.75 bits per heavy atom. The Morgan fingerprint density at radius 3 is 2.40 bits per heavy atom. The zero-order valence-electron chi connectivity index (χ0n) is 11.7. The molecule has 2 rings (SSSR count). The number of halogens is 1. The van der Waals surface area contributed by atoms with Gasteiger partial charge in [0.1, 0.15) is 12.4 Å². The first-order valence-electron chi connectivity index (χ1n) is 6.96. The molecular weight excluding hydrogens is 314 g/mol. The number of rotatable bonds is 7. The fourth-order valence-corrected chi connectivity index (χ4v) is 2.38. The lowest BCUT2D eigenvalue weighted by molar-refractivity contribution is 0.304. The average Bonchev–Trinajstić information content (AvgIpc) is 2.50. The molecule has 106 valence electrons. The van der Waals surface area contributed by atoms with Gasteiger partial charge in [-0.3, -0.25) is 0 Å². The predicted octanol–water partition coefficient (Wildman–Crippen LogP) is 4.57. The molecule has 0 saturated carbocycles. The van der Waals surface area contributed by atoms with Gasteiger partial charge < -0.3 is 10.1 Å². The first-order valence-corrected chi connectivity index (χ1v) is 7.75. The zero-order chi connectivity index (χ0) is 14.2. The van der Waals surface area contributed by atoms with Crippen LogP contribution in [0.15, 0.2) is 59.1 Å². The Balaban J connectivity index is 1.76. The second kappa shape index (κ2) is 8.08. The van der Waals surface area contributed by atoms with Crippen LogP contribution in [0.2, 0.25) is 0 Å². The van der Waals surface area contributed by atoms with Gasteiger partial charge in [0, 0.05) is 17.1 Å². The molecule has 2 aromatic carbocycles. The lowest BCUT2D eigenvalue weighted by Crippen LogP contribution is -2.25. The van der Waals surface area contributed by atoms with Crippen LogP contribution in [0.25, 0.3) is 0 Å². The van der Waals surface area contributed by atoms with Gasteiger partial charge >= 0.3 is 0 Å². The van der Waals surface area contributed by atoms with Crippen LogP contribution >= 0.6 is 15.9 Å². The van der Waals surface area contributed by atoms with Crippen LogP contribution in [0.3, 0.4) is 0 Å². The minimum absolute atomic E-state index is 0.393. The van der Waals surface area contributed by atoms with E-state index in [9.17, 15) is 0 Å². The third-order valence-electron chi connectivity index (χ3n) is 3.19. The van der Waals surface area contributed by atoms with Gasteiger partial charge in [-0.05, 0) is 36.2 Å². The van der Waals surface area contributed by atoms with Gasteiger partial charge in [0.15, 0.2) is 0 Å². The molecule has 0 heterocycles. The highest BCUT2D eigenvalue weighted by atomic mass is 79.9. The Morgan fingerprint density at radius 1 is 1.05 bits per heavy atom. The molecule has 1 atom stereocenters. The molecular formula is C17H20BrNO. The van der Waals surface area contributed by atoms with Crippen molar-refractivity contribution in [1.29, 1.82) is 0 Å². The Labute approximate surface area is 129 Å². The molecule has 2 aromatic rings. The molecule has 3 heteroatoms. The third kappa shape index (κ3) is 4.66. The molecule has 20 heavy (non-hydrogen) atoms. The molecule has 1 N–H and O–H groups in total. The molecule has 0 saturated heterocycles. The van der Waals surface area contributed by atoms with Gasteiger partial charge in [-0.25, -0.2) is 0 Å². The Kier molecular flexibility index (Phi) is 6.09. The SMILES string of the molecule is CCC(NCCOc1ccc(Br)cc1)c1ccccc1. The van der Waals surface area contributed by atoms with E-state index in [0.717, 1.165) is 23.2 Å². The first-order chi connectivity index (χ1) is 9.79. The van der Waals surface area contributed by atoms with E-state index in [2.05, 4.69) is 52.4 Å². The number of hydrogen-bond donors (Lipinski definition) is 1. The smallest absolute Gasteiger partial charge is 0.119 e. The van der Waals surface area contributed by atoms with E-state index in [1.54, 1.807) is 0 Å². The Hall–Kier alpha value is -1.32. The summed E-state index contributed by atoms with van der Waals surface area (Å²) in [5, 5.41) is 3.53. The van der Waals surface area contributed by atoms with Crippen LogP contribution in [-0.2, 0) is 0 Å². The minimum Gasteiger partial charge on any atom is -0.492 e. The fourth-order valence-electron chi connectivity index (χ4n) is 2.12. The number of hydrogen-bond acceptors (Lipinski definition) is 2. The van der Waals surface area contributed by atoms with Crippen LogP contribution in [0.1, 0.15) is 24.9 Å². The van der Waals surface area contributed by atoms with Crippen molar-refractivity contribution in [2.45, 2.75) is 19.4 Å². The first kappa shape index (κ1) is 15.1. The molecule has 0 spiro atoms. The lowest BCUT2D eigenvalue weighted by Gasteiger charge is -2.17. The van der Waals surface area contributed by atoms with Gasteiger partial charge in [-0.15, -0.1) is 0 Å². The molecule has 0 fully saturated rings. The van der Waals surface area contributed by atoms with Crippen molar-refractivity contribution >= 4 is 15.9 Å². The highest BCUT2D eigenvalue weighted by Gasteiger charge is 2.07. The monoisotopic (exact) mass is 333 g/mol. The summed E-state index contributed by atoms with van der Waals surface area (Å²) in [6.45, 7) is 3.70. The Bertz CT molecular complexity index is 498. The van der Waals surface area contributed by atoms with E-state index in [1.807, 2.05) is 30.3 Å². The van der Waals surface area contributed by atoms with Crippen molar-refractivity contribution in [3.05, 3.63) is 64.6 Å². The molecule has 0 radical (unpaired) electrons. The summed E-state index contributed by atoms with van der Waals surface area (Å²) in [4.78, 5) is 0. The number of nitrogens with one attached hydrogen (secondary N) is 1. The lowest BCUT2D eigenvalue weighted by atomic mass is 10.1. The number of ether oxygens (including phenoxy) is 1. The van der Waals surface area contributed by atoms with Crippen molar-refractivity contribution in [3.8, 4) is 5.75 Å². The van der Waals surface area contributed by atoms with E-state index >= 15 is 0 Å². The van der Waals surface area contributed by atoms with Crippen molar-refractivity contribution in [1.82, 2.24) is 5.32 Å². The minimum atomic E-state index is 0.393. The van der Waals surface area contributed by atoms with Crippen molar-refractivity contribution < 1.29 is 4.74 Å². The maximum Gasteiger partial charge on any atom is 0.119 e. The van der Waals surface area contributed by atoms with E-state index in [0.29, 0.717) is 12.6 Å². The third-order valence-corrected chi connectivity index (χ3v) is 3.71. The van der Waals surface area contributed by atoms with Crippen LogP contribution in [0, 0.1) is 0 Å². The predicted molar refractivity (Wildman–Crippen MR) is 87.1 cm³/mol. The highest BCUT2D eigenvalue weighted by molar-refractivity contribution is 9.10. The van der Waals surface area contributed by atoms with E-state index in [-0.39, 0.29) is 0 Å². The summed E-state index contributed by atoms with van der Waals surface area (Å²) < 4.78 is 6.78. The molecule has 1 unspecified atom stereocenters. The summed E-state index contributed by atoms with van der Waals surface area (Å²) in [5.74, 6) is 0.905. The van der Waals surface area contributed by atoms with Gasteiger partial charge in [0.25, 0.3) is 0 Å². The fraction of sp³-hybridized carbons (Fsp3) is 0.294. The maximum absolute atomic E-state index is 5.71. The van der Waals surface area contributed by atoms with E-state index in [4.69, 9.17) is 4.74 Å². The molecule has 0 aliphatic rings. The van der Waals surface area contributed by atoms with Crippen LogP contribution in [-0.4, -0.2) is 13.2 Å². The van der Waals surface area contributed by atoms with Crippen LogP contribution in [0.5, 0.6) is 5.75 Å². The summed E-state index contributed by atoms with van der Waals surface area (Å²) in [6.07, 6.45) is 1.07. The molecule has 0 aromatic heterocycles. The molecule has 0 amide bonds. The van der Waals surface area contributed by atoms with Crippen LogP contribution in [0.4, 0.5) is 0 Å². The molecule has 0 aliphatic carbocycles.